The molecule has 5 nitrogen and oxygen atoms in total. The second-order valence-corrected chi connectivity index (χ2v) is 6.31. The Bertz CT molecular complexity index is 292. The van der Waals surface area contributed by atoms with Gasteiger partial charge >= 0.3 is 0 Å². The maximum atomic E-state index is 11.9. The summed E-state index contributed by atoms with van der Waals surface area (Å²) in [5, 5.41) is 2.94. The van der Waals surface area contributed by atoms with Crippen LogP contribution in [0.15, 0.2) is 0 Å². The fourth-order valence-corrected chi connectivity index (χ4v) is 3.07. The highest BCUT2D eigenvalue weighted by atomic mass is 35.5. The average molecular weight is 287 g/mol. The van der Waals surface area contributed by atoms with Crippen molar-refractivity contribution in [2.75, 3.05) is 39.5 Å². The van der Waals surface area contributed by atoms with Crippen molar-refractivity contribution in [2.24, 2.45) is 0 Å². The second-order valence-electron chi connectivity index (χ2n) is 4.19. The van der Waals surface area contributed by atoms with Gasteiger partial charge in [0.15, 0.2) is 0 Å². The Kier molecular flexibility index (Phi) is 8.32. The lowest BCUT2D eigenvalue weighted by atomic mass is 10.1. The molecular weight excluding hydrogens is 264 g/mol. The van der Waals surface area contributed by atoms with E-state index in [-0.39, 0.29) is 24.3 Å². The van der Waals surface area contributed by atoms with Gasteiger partial charge in [0.05, 0.1) is 11.9 Å². The molecule has 0 saturated carbocycles. The molecular formula is C10H23ClN2O3S. The third-order valence-electron chi connectivity index (χ3n) is 2.82. The third-order valence-corrected chi connectivity index (χ3v) is 4.75. The van der Waals surface area contributed by atoms with Crippen molar-refractivity contribution < 1.29 is 13.2 Å². The fraction of sp³-hybridized carbons (Fsp3) is 1.00. The van der Waals surface area contributed by atoms with E-state index in [1.807, 2.05) is 7.05 Å². The molecule has 1 heterocycles. The summed E-state index contributed by atoms with van der Waals surface area (Å²) in [5.41, 5.74) is 0. The van der Waals surface area contributed by atoms with Crippen molar-refractivity contribution in [2.45, 2.75) is 25.4 Å². The molecule has 7 heteroatoms. The summed E-state index contributed by atoms with van der Waals surface area (Å²) in [6.45, 7) is 1.87. The zero-order valence-electron chi connectivity index (χ0n) is 10.5. The molecule has 0 spiro atoms. The lowest BCUT2D eigenvalue weighted by Crippen LogP contribution is -2.39. The van der Waals surface area contributed by atoms with Gasteiger partial charge in [-0.25, -0.2) is 12.7 Å². The number of ether oxygens (including phenoxy) is 1. The van der Waals surface area contributed by atoms with Gasteiger partial charge in [-0.3, -0.25) is 0 Å². The van der Waals surface area contributed by atoms with Crippen molar-refractivity contribution in [3.05, 3.63) is 0 Å². The molecule has 0 bridgehead atoms. The molecule has 1 atom stereocenters. The van der Waals surface area contributed by atoms with Crippen LogP contribution in [0.4, 0.5) is 0 Å². The van der Waals surface area contributed by atoms with Crippen LogP contribution < -0.4 is 5.32 Å². The Morgan fingerprint density at radius 1 is 1.41 bits per heavy atom. The lowest BCUT2D eigenvalue weighted by molar-refractivity contribution is 0.0300. The monoisotopic (exact) mass is 286 g/mol. The number of likely N-dealkylation sites (N-methyl/N-ethyl adjacent to an activating group) is 2. The quantitative estimate of drug-likeness (QED) is 0.771. The van der Waals surface area contributed by atoms with Gasteiger partial charge in [-0.05, 0) is 26.3 Å². The predicted molar refractivity (Wildman–Crippen MR) is 71.2 cm³/mol. The van der Waals surface area contributed by atoms with Crippen LogP contribution in [-0.4, -0.2) is 58.4 Å². The minimum atomic E-state index is -3.16. The summed E-state index contributed by atoms with van der Waals surface area (Å²) in [4.78, 5) is 0. The summed E-state index contributed by atoms with van der Waals surface area (Å²) in [6.07, 6.45) is 2.86. The first-order chi connectivity index (χ1) is 7.56. The molecule has 0 aromatic rings. The van der Waals surface area contributed by atoms with E-state index in [9.17, 15) is 8.42 Å². The van der Waals surface area contributed by atoms with Crippen LogP contribution in [-0.2, 0) is 14.8 Å². The number of rotatable bonds is 6. The average Bonchev–Trinajstić information content (AvgIpc) is 2.26. The van der Waals surface area contributed by atoms with E-state index in [0.29, 0.717) is 19.7 Å². The van der Waals surface area contributed by atoms with E-state index < -0.39 is 10.0 Å². The normalized spacial score (nSPS) is 21.2. The van der Waals surface area contributed by atoms with Crippen LogP contribution in [0.25, 0.3) is 0 Å². The summed E-state index contributed by atoms with van der Waals surface area (Å²) < 4.78 is 30.7. The molecule has 1 aliphatic heterocycles. The largest absolute Gasteiger partial charge is 0.377 e. The van der Waals surface area contributed by atoms with E-state index in [1.165, 1.54) is 4.31 Å². The summed E-state index contributed by atoms with van der Waals surface area (Å²) in [6, 6.07) is 0. The lowest BCUT2D eigenvalue weighted by Gasteiger charge is -2.25. The molecule has 17 heavy (non-hydrogen) atoms. The van der Waals surface area contributed by atoms with Crippen LogP contribution in [0, 0.1) is 0 Å². The highest BCUT2D eigenvalue weighted by Gasteiger charge is 2.25. The summed E-state index contributed by atoms with van der Waals surface area (Å²) in [5.74, 6) is 0.118. The molecule has 0 amide bonds. The van der Waals surface area contributed by atoms with Gasteiger partial charge in [0.2, 0.25) is 10.0 Å². The van der Waals surface area contributed by atoms with Gasteiger partial charge in [0.25, 0.3) is 0 Å². The van der Waals surface area contributed by atoms with Gasteiger partial charge in [0.1, 0.15) is 0 Å². The first-order valence-corrected chi connectivity index (χ1v) is 7.37. The molecule has 0 radical (unpaired) electrons. The molecule has 104 valence electrons. The first-order valence-electron chi connectivity index (χ1n) is 5.76. The summed E-state index contributed by atoms with van der Waals surface area (Å²) in [7, 11) is 0.267. The van der Waals surface area contributed by atoms with Crippen molar-refractivity contribution >= 4 is 22.4 Å². The van der Waals surface area contributed by atoms with Crippen molar-refractivity contribution in [3.8, 4) is 0 Å². The number of hydrogen-bond acceptors (Lipinski definition) is 4. The van der Waals surface area contributed by atoms with Gasteiger partial charge in [0, 0.05) is 26.7 Å². The summed E-state index contributed by atoms with van der Waals surface area (Å²) >= 11 is 0. The van der Waals surface area contributed by atoms with Crippen molar-refractivity contribution in [3.63, 3.8) is 0 Å². The van der Waals surface area contributed by atoms with E-state index in [2.05, 4.69) is 5.32 Å². The smallest absolute Gasteiger partial charge is 0.216 e. The molecule has 0 aromatic carbocycles. The second kappa shape index (κ2) is 8.26. The minimum absolute atomic E-state index is 0. The van der Waals surface area contributed by atoms with Gasteiger partial charge in [-0.15, -0.1) is 12.4 Å². The zero-order chi connectivity index (χ0) is 12.0. The van der Waals surface area contributed by atoms with Crippen LogP contribution in [0.1, 0.15) is 19.3 Å². The number of hydrogen-bond donors (Lipinski definition) is 1. The highest BCUT2D eigenvalue weighted by molar-refractivity contribution is 7.89. The maximum Gasteiger partial charge on any atom is 0.216 e. The number of nitrogens with zero attached hydrogens (tertiary/aromatic N) is 1. The van der Waals surface area contributed by atoms with Crippen molar-refractivity contribution in [1.29, 1.82) is 0 Å². The minimum Gasteiger partial charge on any atom is -0.377 e. The molecule has 0 aromatic heterocycles. The Hall–Kier alpha value is 0.120. The van der Waals surface area contributed by atoms with Crippen LogP contribution in [0.5, 0.6) is 0 Å². The van der Waals surface area contributed by atoms with E-state index in [0.717, 1.165) is 19.3 Å². The molecule has 1 rings (SSSR count). The Labute approximate surface area is 110 Å². The Balaban J connectivity index is 0.00000256. The van der Waals surface area contributed by atoms with Gasteiger partial charge in [-0.1, -0.05) is 0 Å². The number of sulfonamides is 1. The van der Waals surface area contributed by atoms with Crippen LogP contribution in [0.2, 0.25) is 0 Å². The fourth-order valence-electron chi connectivity index (χ4n) is 1.71. The molecule has 1 unspecified atom stereocenters. The van der Waals surface area contributed by atoms with E-state index in [4.69, 9.17) is 4.74 Å². The van der Waals surface area contributed by atoms with Gasteiger partial charge in [-0.2, -0.15) is 0 Å². The molecule has 1 fully saturated rings. The van der Waals surface area contributed by atoms with E-state index >= 15 is 0 Å². The first kappa shape index (κ1) is 17.1. The molecule has 0 aliphatic carbocycles. The van der Waals surface area contributed by atoms with E-state index in [1.54, 1.807) is 7.05 Å². The third kappa shape index (κ3) is 6.01. The molecule has 1 aliphatic rings. The van der Waals surface area contributed by atoms with Crippen molar-refractivity contribution in [1.82, 2.24) is 9.62 Å². The Morgan fingerprint density at radius 2 is 2.12 bits per heavy atom. The maximum absolute atomic E-state index is 11.9. The van der Waals surface area contributed by atoms with Crippen LogP contribution >= 0.6 is 12.4 Å². The Morgan fingerprint density at radius 3 is 2.65 bits per heavy atom. The number of halogens is 1. The topological polar surface area (TPSA) is 58.6 Å². The zero-order valence-corrected chi connectivity index (χ0v) is 12.1. The molecule has 1 N–H and O–H groups in total. The van der Waals surface area contributed by atoms with Crippen LogP contribution in [0.3, 0.4) is 0 Å². The highest BCUT2D eigenvalue weighted by Crippen LogP contribution is 2.15. The standard InChI is InChI=1S/C10H22N2O3S.ClH/c1-11-6-7-12(2)16(13,14)9-10-5-3-4-8-15-10;/h10-11H,3-9H2,1-2H3;1H. The molecule has 1 saturated heterocycles. The SMILES string of the molecule is CNCCN(C)S(=O)(=O)CC1CCCCO1.Cl. The predicted octanol–water partition coefficient (Wildman–Crippen LogP) is 0.458. The number of nitrogens with one attached hydrogen (secondary N) is 1. The van der Waals surface area contributed by atoms with Gasteiger partial charge < -0.3 is 10.1 Å².